The van der Waals surface area contributed by atoms with Crippen molar-refractivity contribution in [1.29, 1.82) is 0 Å². The van der Waals surface area contributed by atoms with Crippen LogP contribution < -0.4 is 4.74 Å². The van der Waals surface area contributed by atoms with Crippen LogP contribution in [0.1, 0.15) is 35.1 Å². The molecule has 3 aromatic rings. The zero-order chi connectivity index (χ0) is 23.1. The molecule has 0 radical (unpaired) electrons. The number of methoxy groups -OCH3 is 1. The molecule has 1 atom stereocenters. The summed E-state index contributed by atoms with van der Waals surface area (Å²) in [5.74, 6) is 1.87. The molecule has 0 bridgehead atoms. The first-order valence-electron chi connectivity index (χ1n) is 10.9. The van der Waals surface area contributed by atoms with Gasteiger partial charge in [-0.3, -0.25) is 0 Å². The minimum absolute atomic E-state index is 0.358. The van der Waals surface area contributed by atoms with Gasteiger partial charge in [-0.1, -0.05) is 18.2 Å². The minimum atomic E-state index is -0.608. The van der Waals surface area contributed by atoms with Crippen molar-refractivity contribution in [2.45, 2.75) is 46.6 Å². The fourth-order valence-corrected chi connectivity index (χ4v) is 3.72. The van der Waals surface area contributed by atoms with E-state index >= 15 is 0 Å². The van der Waals surface area contributed by atoms with E-state index in [0.717, 1.165) is 39.5 Å². The van der Waals surface area contributed by atoms with Gasteiger partial charge in [0.2, 0.25) is 5.89 Å². The van der Waals surface area contributed by atoms with Gasteiger partial charge in [0.25, 0.3) is 0 Å². The monoisotopic (exact) mass is 437 g/mol. The number of nitrogens with zero attached hydrogens (tertiary/aromatic N) is 1. The number of oxazole rings is 1. The number of aryl methyl sites for hydroxylation is 3. The summed E-state index contributed by atoms with van der Waals surface area (Å²) in [5.41, 5.74) is 5.03. The molecule has 170 valence electrons. The zero-order valence-corrected chi connectivity index (χ0v) is 19.4. The van der Waals surface area contributed by atoms with Crippen LogP contribution in [0.25, 0.3) is 11.5 Å². The highest BCUT2D eigenvalue weighted by Gasteiger charge is 2.22. The van der Waals surface area contributed by atoms with Gasteiger partial charge in [-0.25, -0.2) is 9.78 Å². The summed E-state index contributed by atoms with van der Waals surface area (Å²) in [6, 6.07) is 13.8. The van der Waals surface area contributed by atoms with E-state index < -0.39 is 6.10 Å². The summed E-state index contributed by atoms with van der Waals surface area (Å²) in [7, 11) is 1.38. The Hall–Kier alpha value is -3.12. The van der Waals surface area contributed by atoms with Crippen molar-refractivity contribution in [2.24, 2.45) is 0 Å². The third kappa shape index (κ3) is 5.77. The lowest BCUT2D eigenvalue weighted by atomic mass is 9.97. The second kappa shape index (κ2) is 11.0. The van der Waals surface area contributed by atoms with E-state index in [1.807, 2.05) is 70.2 Å². The number of benzene rings is 2. The molecule has 0 saturated heterocycles. The molecular weight excluding hydrogens is 406 g/mol. The van der Waals surface area contributed by atoms with Gasteiger partial charge in [-0.05, 0) is 68.7 Å². The van der Waals surface area contributed by atoms with E-state index in [2.05, 4.69) is 4.98 Å². The predicted octanol–water partition coefficient (Wildman–Crippen LogP) is 5.01. The molecule has 0 saturated carbocycles. The molecule has 0 amide bonds. The molecule has 0 N–H and O–H groups in total. The van der Waals surface area contributed by atoms with Gasteiger partial charge in [0.15, 0.2) is 6.10 Å². The number of hydrogen-bond donors (Lipinski definition) is 0. The summed E-state index contributed by atoms with van der Waals surface area (Å²) in [6.45, 7) is 8.77. The van der Waals surface area contributed by atoms with Crippen molar-refractivity contribution in [3.05, 3.63) is 70.6 Å². The second-order valence-electron chi connectivity index (χ2n) is 7.69. The minimum Gasteiger partial charge on any atom is -0.493 e. The fourth-order valence-electron chi connectivity index (χ4n) is 3.72. The van der Waals surface area contributed by atoms with Crippen molar-refractivity contribution in [3.8, 4) is 17.2 Å². The Labute approximate surface area is 189 Å². The third-order valence-corrected chi connectivity index (χ3v) is 5.41. The molecular formula is C26H31NO5. The van der Waals surface area contributed by atoms with E-state index in [1.165, 1.54) is 7.11 Å². The van der Waals surface area contributed by atoms with Gasteiger partial charge < -0.3 is 18.6 Å². The zero-order valence-electron chi connectivity index (χ0n) is 19.4. The van der Waals surface area contributed by atoms with Crippen LogP contribution in [0, 0.1) is 20.8 Å². The molecule has 0 aliphatic carbocycles. The van der Waals surface area contributed by atoms with Crippen LogP contribution in [0.3, 0.4) is 0 Å². The van der Waals surface area contributed by atoms with Gasteiger partial charge in [0, 0.05) is 25.0 Å². The molecule has 0 aliphatic rings. The van der Waals surface area contributed by atoms with Crippen molar-refractivity contribution in [1.82, 2.24) is 4.98 Å². The van der Waals surface area contributed by atoms with Crippen molar-refractivity contribution >= 4 is 5.97 Å². The Morgan fingerprint density at radius 3 is 2.41 bits per heavy atom. The van der Waals surface area contributed by atoms with Gasteiger partial charge in [0.05, 0.1) is 19.4 Å². The standard InChI is InChI=1S/C26H31NO5/c1-6-30-24(26(28)29-5)16-22-17(2)14-21(15-18(22)3)31-13-12-23-19(4)32-25(27-23)20-10-8-7-9-11-20/h7-11,14-15,24H,6,12-13,16H2,1-5H3. The van der Waals surface area contributed by atoms with E-state index in [1.54, 1.807) is 0 Å². The SMILES string of the molecule is CCOC(Cc1c(C)cc(OCCc2nc(-c3ccccc3)oc2C)cc1C)C(=O)OC. The van der Waals surface area contributed by atoms with Crippen LogP contribution in [0.5, 0.6) is 5.75 Å². The normalized spacial score (nSPS) is 11.9. The molecule has 0 spiro atoms. The van der Waals surface area contributed by atoms with Crippen LogP contribution in [0.4, 0.5) is 0 Å². The summed E-state index contributed by atoms with van der Waals surface area (Å²) >= 11 is 0. The van der Waals surface area contributed by atoms with Crippen LogP contribution in [-0.4, -0.2) is 37.4 Å². The number of carbonyl (C=O) groups excluding carboxylic acids is 1. The lowest BCUT2D eigenvalue weighted by Crippen LogP contribution is -2.28. The first-order chi connectivity index (χ1) is 15.4. The maximum absolute atomic E-state index is 12.0. The summed E-state index contributed by atoms with van der Waals surface area (Å²) in [5, 5.41) is 0. The quantitative estimate of drug-likeness (QED) is 0.415. The highest BCUT2D eigenvalue weighted by Crippen LogP contribution is 2.25. The van der Waals surface area contributed by atoms with Crippen LogP contribution in [-0.2, 0) is 27.1 Å². The van der Waals surface area contributed by atoms with Crippen LogP contribution in [0.15, 0.2) is 46.9 Å². The Morgan fingerprint density at radius 1 is 1.09 bits per heavy atom. The highest BCUT2D eigenvalue weighted by atomic mass is 16.6. The van der Waals surface area contributed by atoms with Crippen LogP contribution >= 0.6 is 0 Å². The molecule has 3 rings (SSSR count). The van der Waals surface area contributed by atoms with Crippen molar-refractivity contribution in [3.63, 3.8) is 0 Å². The predicted molar refractivity (Wildman–Crippen MR) is 123 cm³/mol. The summed E-state index contributed by atoms with van der Waals surface area (Å²) in [4.78, 5) is 16.6. The Kier molecular flexibility index (Phi) is 8.06. The maximum atomic E-state index is 12.0. The molecule has 1 unspecified atom stereocenters. The number of aromatic nitrogens is 1. The van der Waals surface area contributed by atoms with Crippen LogP contribution in [0.2, 0.25) is 0 Å². The van der Waals surface area contributed by atoms with E-state index in [9.17, 15) is 4.79 Å². The van der Waals surface area contributed by atoms with E-state index in [0.29, 0.717) is 31.9 Å². The fraction of sp³-hybridized carbons (Fsp3) is 0.385. The molecule has 6 heteroatoms. The van der Waals surface area contributed by atoms with Gasteiger partial charge in [-0.15, -0.1) is 0 Å². The largest absolute Gasteiger partial charge is 0.493 e. The Balaban J connectivity index is 1.64. The first-order valence-corrected chi connectivity index (χ1v) is 10.9. The molecule has 1 heterocycles. The molecule has 0 aliphatic heterocycles. The van der Waals surface area contributed by atoms with E-state index in [-0.39, 0.29) is 5.97 Å². The number of rotatable bonds is 10. The maximum Gasteiger partial charge on any atom is 0.335 e. The molecule has 6 nitrogen and oxygen atoms in total. The first kappa shape index (κ1) is 23.5. The van der Waals surface area contributed by atoms with Crippen molar-refractivity contribution in [2.75, 3.05) is 20.3 Å². The number of carbonyl (C=O) groups is 1. The lowest BCUT2D eigenvalue weighted by molar-refractivity contribution is -0.153. The Morgan fingerprint density at radius 2 is 1.78 bits per heavy atom. The highest BCUT2D eigenvalue weighted by molar-refractivity contribution is 5.75. The Bertz CT molecular complexity index is 1020. The smallest absolute Gasteiger partial charge is 0.335 e. The van der Waals surface area contributed by atoms with Crippen molar-refractivity contribution < 1.29 is 23.4 Å². The topological polar surface area (TPSA) is 70.8 Å². The van der Waals surface area contributed by atoms with Gasteiger partial charge in [-0.2, -0.15) is 0 Å². The molecule has 1 aromatic heterocycles. The average Bonchev–Trinajstić information content (AvgIpc) is 3.16. The van der Waals surface area contributed by atoms with E-state index in [4.69, 9.17) is 18.6 Å². The number of esters is 1. The summed E-state index contributed by atoms with van der Waals surface area (Å²) in [6.07, 6.45) is 0.512. The number of hydrogen-bond acceptors (Lipinski definition) is 6. The second-order valence-corrected chi connectivity index (χ2v) is 7.69. The van der Waals surface area contributed by atoms with Gasteiger partial charge >= 0.3 is 5.97 Å². The lowest BCUT2D eigenvalue weighted by Gasteiger charge is -2.18. The third-order valence-electron chi connectivity index (χ3n) is 5.41. The summed E-state index contributed by atoms with van der Waals surface area (Å²) < 4.78 is 22.3. The molecule has 32 heavy (non-hydrogen) atoms. The molecule has 2 aromatic carbocycles. The number of ether oxygens (including phenoxy) is 3. The van der Waals surface area contributed by atoms with Gasteiger partial charge in [0.1, 0.15) is 11.5 Å². The average molecular weight is 438 g/mol. The molecule has 0 fully saturated rings.